The van der Waals surface area contributed by atoms with Gasteiger partial charge in [0.2, 0.25) is 0 Å². The zero-order chi connectivity index (χ0) is 14.9. The predicted octanol–water partition coefficient (Wildman–Crippen LogP) is 4.29. The summed E-state index contributed by atoms with van der Waals surface area (Å²) in [5.74, 6) is -0.475. The van der Waals surface area contributed by atoms with Crippen molar-refractivity contribution in [2.45, 2.75) is 31.8 Å². The molecule has 0 bridgehead atoms. The lowest BCUT2D eigenvalue weighted by Gasteiger charge is -2.20. The highest BCUT2D eigenvalue weighted by Crippen LogP contribution is 2.33. The Morgan fingerprint density at radius 2 is 2.24 bits per heavy atom. The van der Waals surface area contributed by atoms with Gasteiger partial charge in [-0.1, -0.05) is 17.7 Å². The summed E-state index contributed by atoms with van der Waals surface area (Å²) >= 11 is 9.44. The van der Waals surface area contributed by atoms with Gasteiger partial charge in [-0.3, -0.25) is 0 Å². The van der Waals surface area contributed by atoms with Gasteiger partial charge in [0.05, 0.1) is 23.1 Å². The molecule has 1 fully saturated rings. The third kappa shape index (κ3) is 3.86. The fraction of sp³-hybridized carbons (Fsp3) is 0.467. The molecule has 1 aliphatic rings. The Labute approximate surface area is 137 Å². The second kappa shape index (κ2) is 6.36. The second-order valence-electron chi connectivity index (χ2n) is 5.45. The van der Waals surface area contributed by atoms with Crippen LogP contribution in [0.15, 0.2) is 29.6 Å². The highest BCUT2D eigenvalue weighted by Gasteiger charge is 2.33. The molecule has 0 amide bonds. The van der Waals surface area contributed by atoms with Gasteiger partial charge in [0.25, 0.3) is 0 Å². The van der Waals surface area contributed by atoms with Crippen molar-refractivity contribution in [3.63, 3.8) is 0 Å². The van der Waals surface area contributed by atoms with E-state index in [9.17, 15) is 0 Å². The minimum absolute atomic E-state index is 0.0814. The van der Waals surface area contributed by atoms with Crippen molar-refractivity contribution in [3.05, 3.63) is 43.7 Å². The van der Waals surface area contributed by atoms with E-state index >= 15 is 0 Å². The van der Waals surface area contributed by atoms with Crippen LogP contribution in [0.25, 0.3) is 0 Å². The molecule has 3 nitrogen and oxygen atoms in total. The number of halogens is 1. The van der Waals surface area contributed by atoms with Crippen molar-refractivity contribution in [2.75, 3.05) is 13.2 Å². The summed E-state index contributed by atoms with van der Waals surface area (Å²) in [6.07, 6.45) is 0.0814. The van der Waals surface area contributed by atoms with Gasteiger partial charge in [-0.05, 0) is 37.4 Å². The van der Waals surface area contributed by atoms with Gasteiger partial charge in [-0.15, -0.1) is 22.7 Å². The van der Waals surface area contributed by atoms with Crippen LogP contribution in [-0.2, 0) is 9.47 Å². The van der Waals surface area contributed by atoms with Gasteiger partial charge < -0.3 is 14.8 Å². The number of nitrogens with one attached hydrogen (secondary N) is 1. The molecule has 3 rings (SSSR count). The molecule has 6 heteroatoms. The molecule has 0 saturated carbocycles. The van der Waals surface area contributed by atoms with Crippen LogP contribution in [-0.4, -0.2) is 25.0 Å². The van der Waals surface area contributed by atoms with Crippen LogP contribution in [0.2, 0.25) is 4.34 Å². The summed E-state index contributed by atoms with van der Waals surface area (Å²) in [5, 5.41) is 5.68. The molecule has 1 N–H and O–H groups in total. The van der Waals surface area contributed by atoms with Crippen LogP contribution in [0.4, 0.5) is 0 Å². The molecule has 2 aromatic rings. The average Bonchev–Trinajstić information content (AvgIpc) is 3.13. The monoisotopic (exact) mass is 343 g/mol. The van der Waals surface area contributed by atoms with Gasteiger partial charge in [0, 0.05) is 16.3 Å². The predicted molar refractivity (Wildman–Crippen MR) is 88.4 cm³/mol. The first-order valence-electron chi connectivity index (χ1n) is 6.87. The molecule has 21 heavy (non-hydrogen) atoms. The van der Waals surface area contributed by atoms with E-state index in [-0.39, 0.29) is 12.1 Å². The maximum Gasteiger partial charge on any atom is 0.163 e. The minimum atomic E-state index is -0.475. The molecule has 114 valence electrons. The highest BCUT2D eigenvalue weighted by atomic mass is 35.5. The lowest BCUT2D eigenvalue weighted by Crippen LogP contribution is -2.33. The van der Waals surface area contributed by atoms with Gasteiger partial charge in [0.1, 0.15) is 0 Å². The molecule has 2 aromatic heterocycles. The molecular formula is C15H18ClNO2S2. The maximum atomic E-state index is 6.08. The summed E-state index contributed by atoms with van der Waals surface area (Å²) in [7, 11) is 0. The first-order valence-corrected chi connectivity index (χ1v) is 8.95. The molecule has 3 heterocycles. The molecule has 2 unspecified atom stereocenters. The lowest BCUT2D eigenvalue weighted by atomic mass is 10.2. The topological polar surface area (TPSA) is 30.5 Å². The lowest BCUT2D eigenvalue weighted by molar-refractivity contribution is -0.137. The van der Waals surface area contributed by atoms with E-state index in [1.807, 2.05) is 19.9 Å². The molecule has 1 saturated heterocycles. The molecule has 0 radical (unpaired) electrons. The van der Waals surface area contributed by atoms with Gasteiger partial charge in [-0.2, -0.15) is 0 Å². The van der Waals surface area contributed by atoms with E-state index in [1.54, 1.807) is 22.7 Å². The zero-order valence-electron chi connectivity index (χ0n) is 12.0. The smallest absolute Gasteiger partial charge is 0.163 e. The number of ether oxygens (including phenoxy) is 2. The van der Waals surface area contributed by atoms with E-state index in [2.05, 4.69) is 28.9 Å². The third-order valence-electron chi connectivity index (χ3n) is 3.32. The van der Waals surface area contributed by atoms with Crippen molar-refractivity contribution >= 4 is 34.3 Å². The highest BCUT2D eigenvalue weighted by molar-refractivity contribution is 7.16. The summed E-state index contributed by atoms with van der Waals surface area (Å²) in [4.78, 5) is 2.51. The first kappa shape index (κ1) is 15.5. The van der Waals surface area contributed by atoms with Crippen LogP contribution in [0, 0.1) is 0 Å². The van der Waals surface area contributed by atoms with Crippen LogP contribution in [0.1, 0.15) is 29.6 Å². The van der Waals surface area contributed by atoms with Crippen molar-refractivity contribution in [2.24, 2.45) is 0 Å². The van der Waals surface area contributed by atoms with E-state index in [4.69, 9.17) is 21.1 Å². The number of hydrogen-bond acceptors (Lipinski definition) is 5. The standard InChI is InChI=1S/C15H18ClNO2S2/c1-15(2)18-9-10(19-15)8-17-14(11-4-3-7-20-11)12-5-6-13(16)21-12/h3-7,10,14,17H,8-9H2,1-2H3. The van der Waals surface area contributed by atoms with E-state index in [0.717, 1.165) is 10.9 Å². The quantitative estimate of drug-likeness (QED) is 0.878. The summed E-state index contributed by atoms with van der Waals surface area (Å²) in [5.41, 5.74) is 0. The van der Waals surface area contributed by atoms with E-state index in [0.29, 0.717) is 6.61 Å². The van der Waals surface area contributed by atoms with Crippen LogP contribution in [0.3, 0.4) is 0 Å². The Balaban J connectivity index is 1.69. The third-order valence-corrected chi connectivity index (χ3v) is 5.56. The largest absolute Gasteiger partial charge is 0.348 e. The van der Waals surface area contributed by atoms with Crippen LogP contribution in [0.5, 0.6) is 0 Å². The molecule has 0 aliphatic carbocycles. The van der Waals surface area contributed by atoms with Crippen molar-refractivity contribution in [1.82, 2.24) is 5.32 Å². The van der Waals surface area contributed by atoms with Crippen LogP contribution >= 0.6 is 34.3 Å². The fourth-order valence-corrected chi connectivity index (χ4v) is 4.44. The molecule has 2 atom stereocenters. The van der Waals surface area contributed by atoms with Gasteiger partial charge >= 0.3 is 0 Å². The van der Waals surface area contributed by atoms with Crippen molar-refractivity contribution in [3.8, 4) is 0 Å². The average molecular weight is 344 g/mol. The van der Waals surface area contributed by atoms with Crippen molar-refractivity contribution < 1.29 is 9.47 Å². The number of thiophene rings is 2. The Morgan fingerprint density at radius 3 is 2.81 bits per heavy atom. The fourth-order valence-electron chi connectivity index (χ4n) is 2.39. The van der Waals surface area contributed by atoms with E-state index < -0.39 is 5.79 Å². The Kier molecular flexibility index (Phi) is 4.69. The summed E-state index contributed by atoms with van der Waals surface area (Å²) in [6.45, 7) is 5.27. The SMILES string of the molecule is CC1(C)OCC(CNC(c2cccs2)c2ccc(Cl)s2)O1. The number of hydrogen-bond donors (Lipinski definition) is 1. The Bertz CT molecular complexity index is 582. The Hall–Kier alpha value is -0.430. The van der Waals surface area contributed by atoms with Gasteiger partial charge in [-0.25, -0.2) is 0 Å². The summed E-state index contributed by atoms with van der Waals surface area (Å²) in [6, 6.07) is 8.41. The molecule has 0 aromatic carbocycles. The molecular weight excluding hydrogens is 326 g/mol. The van der Waals surface area contributed by atoms with Crippen LogP contribution < -0.4 is 5.32 Å². The van der Waals surface area contributed by atoms with Crippen molar-refractivity contribution in [1.29, 1.82) is 0 Å². The number of rotatable bonds is 5. The zero-order valence-corrected chi connectivity index (χ0v) is 14.4. The molecule has 1 aliphatic heterocycles. The second-order valence-corrected chi connectivity index (χ2v) is 8.18. The molecule has 0 spiro atoms. The van der Waals surface area contributed by atoms with E-state index in [1.165, 1.54) is 9.75 Å². The maximum absolute atomic E-state index is 6.08. The Morgan fingerprint density at radius 1 is 1.38 bits per heavy atom. The normalized spacial score (nSPS) is 22.5. The van der Waals surface area contributed by atoms with Gasteiger partial charge in [0.15, 0.2) is 5.79 Å². The minimum Gasteiger partial charge on any atom is -0.348 e. The first-order chi connectivity index (χ1) is 10.0. The summed E-state index contributed by atoms with van der Waals surface area (Å²) < 4.78 is 12.3.